The molecule has 0 spiro atoms. The van der Waals surface area contributed by atoms with Crippen molar-refractivity contribution in [2.45, 2.75) is 6.61 Å². The van der Waals surface area contributed by atoms with Crippen molar-refractivity contribution in [1.29, 1.82) is 0 Å². The van der Waals surface area contributed by atoms with Crippen molar-refractivity contribution in [2.75, 3.05) is 7.11 Å². The van der Waals surface area contributed by atoms with Crippen LogP contribution in [0.25, 0.3) is 0 Å². The molecule has 2 aromatic rings. The summed E-state index contributed by atoms with van der Waals surface area (Å²) in [5.41, 5.74) is 4.22. The minimum absolute atomic E-state index is 0.282. The van der Waals surface area contributed by atoms with Gasteiger partial charge >= 0.3 is 0 Å². The molecule has 0 aliphatic heterocycles. The Hall–Kier alpha value is -2.73. The summed E-state index contributed by atoms with van der Waals surface area (Å²) in [6.45, 7) is 0.282. The monoisotopic (exact) mass is 284 g/mol. The Kier molecular flexibility index (Phi) is 5.90. The van der Waals surface area contributed by atoms with Crippen LogP contribution >= 0.6 is 0 Å². The molecule has 0 saturated carbocycles. The summed E-state index contributed by atoms with van der Waals surface area (Å²) in [6, 6.07) is 15.2. The van der Waals surface area contributed by atoms with Gasteiger partial charge in [0.2, 0.25) is 0 Å². The summed E-state index contributed by atoms with van der Waals surface area (Å²) in [5, 5.41) is 3.91. The number of aromatic nitrogens is 1. The molecule has 6 nitrogen and oxygen atoms in total. The lowest BCUT2D eigenvalue weighted by Gasteiger charge is -2.00. The van der Waals surface area contributed by atoms with Crippen LogP contribution in [0.5, 0.6) is 0 Å². The fourth-order valence-corrected chi connectivity index (χ4v) is 1.51. The Bertz CT molecular complexity index is 600. The molecule has 6 heteroatoms. The Morgan fingerprint density at radius 1 is 1.14 bits per heavy atom. The summed E-state index contributed by atoms with van der Waals surface area (Å²) < 4.78 is 0. The fourth-order valence-electron chi connectivity index (χ4n) is 1.51. The lowest BCUT2D eigenvalue weighted by atomic mass is 10.2. The second-order valence-corrected chi connectivity index (χ2v) is 3.99. The van der Waals surface area contributed by atoms with Gasteiger partial charge in [-0.15, -0.1) is 0 Å². The molecule has 0 atom stereocenters. The van der Waals surface area contributed by atoms with E-state index >= 15 is 0 Å². The maximum atomic E-state index is 5.22. The van der Waals surface area contributed by atoms with Crippen LogP contribution in [0.2, 0.25) is 0 Å². The SMILES string of the molecule is CONC=Nc1cccc(CON=Cc2ccccc2)n1. The van der Waals surface area contributed by atoms with E-state index in [0.717, 1.165) is 11.3 Å². The van der Waals surface area contributed by atoms with Gasteiger partial charge in [0.05, 0.1) is 19.0 Å². The Morgan fingerprint density at radius 3 is 2.81 bits per heavy atom. The van der Waals surface area contributed by atoms with Gasteiger partial charge in [-0.1, -0.05) is 41.6 Å². The number of oxime groups is 1. The van der Waals surface area contributed by atoms with E-state index in [9.17, 15) is 0 Å². The van der Waals surface area contributed by atoms with Crippen LogP contribution < -0.4 is 5.48 Å². The molecule has 0 saturated heterocycles. The zero-order valence-electron chi connectivity index (χ0n) is 11.6. The summed E-state index contributed by atoms with van der Waals surface area (Å²) in [5.74, 6) is 0.563. The molecule has 2 rings (SSSR count). The molecule has 0 aliphatic carbocycles. The minimum Gasteiger partial charge on any atom is -0.389 e. The van der Waals surface area contributed by atoms with Crippen LogP contribution in [0, 0.1) is 0 Å². The van der Waals surface area contributed by atoms with Crippen molar-refractivity contribution in [3.8, 4) is 0 Å². The molecule has 0 bridgehead atoms. The van der Waals surface area contributed by atoms with Crippen molar-refractivity contribution in [2.24, 2.45) is 10.1 Å². The molecular formula is C15H16N4O2. The molecule has 0 radical (unpaired) electrons. The predicted octanol–water partition coefficient (Wildman–Crippen LogP) is 2.44. The van der Waals surface area contributed by atoms with Crippen molar-refractivity contribution >= 4 is 18.4 Å². The van der Waals surface area contributed by atoms with Gasteiger partial charge in [-0.3, -0.25) is 10.3 Å². The van der Waals surface area contributed by atoms with Crippen LogP contribution in [0.1, 0.15) is 11.3 Å². The number of hydrogen-bond donors (Lipinski definition) is 1. The first-order valence-corrected chi connectivity index (χ1v) is 6.36. The Labute approximate surface area is 123 Å². The molecule has 1 heterocycles. The number of nitrogens with zero attached hydrogens (tertiary/aromatic N) is 3. The highest BCUT2D eigenvalue weighted by molar-refractivity contribution is 5.78. The Balaban J connectivity index is 1.86. The number of nitrogens with one attached hydrogen (secondary N) is 1. The van der Waals surface area contributed by atoms with Gasteiger partial charge in [-0.25, -0.2) is 9.98 Å². The summed E-state index contributed by atoms with van der Waals surface area (Å²) in [4.78, 5) is 18.2. The fraction of sp³-hybridized carbons (Fsp3) is 0.133. The van der Waals surface area contributed by atoms with Crippen molar-refractivity contribution in [1.82, 2.24) is 10.5 Å². The molecular weight excluding hydrogens is 268 g/mol. The lowest BCUT2D eigenvalue weighted by molar-refractivity contribution is 0.129. The number of hydrogen-bond acceptors (Lipinski definition) is 5. The third-order valence-corrected chi connectivity index (χ3v) is 2.45. The number of aliphatic imine (C=N–C) groups is 1. The van der Waals surface area contributed by atoms with Crippen LogP contribution in [0.4, 0.5) is 5.82 Å². The predicted molar refractivity (Wildman–Crippen MR) is 81.4 cm³/mol. The average Bonchev–Trinajstić information content (AvgIpc) is 2.53. The second kappa shape index (κ2) is 8.44. The third-order valence-electron chi connectivity index (χ3n) is 2.45. The maximum absolute atomic E-state index is 5.22. The van der Waals surface area contributed by atoms with Crippen molar-refractivity contribution in [3.63, 3.8) is 0 Å². The topological polar surface area (TPSA) is 68.1 Å². The lowest BCUT2D eigenvalue weighted by Crippen LogP contribution is -2.07. The van der Waals surface area contributed by atoms with Gasteiger partial charge in [-0.2, -0.15) is 0 Å². The van der Waals surface area contributed by atoms with Gasteiger partial charge in [0, 0.05) is 0 Å². The maximum Gasteiger partial charge on any atom is 0.159 e. The molecule has 0 fully saturated rings. The first kappa shape index (κ1) is 14.7. The highest BCUT2D eigenvalue weighted by Crippen LogP contribution is 2.08. The van der Waals surface area contributed by atoms with Gasteiger partial charge in [0.25, 0.3) is 0 Å². The van der Waals surface area contributed by atoms with E-state index in [4.69, 9.17) is 4.84 Å². The van der Waals surface area contributed by atoms with Crippen LogP contribution in [-0.2, 0) is 16.3 Å². The van der Waals surface area contributed by atoms with Gasteiger partial charge < -0.3 is 4.84 Å². The standard InChI is InChI=1S/C15H16N4O2/c1-20-18-12-16-15-9-5-8-14(19-15)11-21-17-10-13-6-3-2-4-7-13/h2-10,12H,11H2,1H3,(H,16,18,19). The molecule has 0 amide bonds. The Morgan fingerprint density at radius 2 is 2.00 bits per heavy atom. The van der Waals surface area contributed by atoms with E-state index in [2.05, 4.69) is 25.4 Å². The number of benzene rings is 1. The molecule has 0 unspecified atom stereocenters. The first-order valence-electron chi connectivity index (χ1n) is 6.36. The normalized spacial score (nSPS) is 11.1. The van der Waals surface area contributed by atoms with Crippen LogP contribution in [0.3, 0.4) is 0 Å². The number of pyridine rings is 1. The van der Waals surface area contributed by atoms with E-state index in [0.29, 0.717) is 5.82 Å². The van der Waals surface area contributed by atoms with Crippen molar-refractivity contribution in [3.05, 3.63) is 59.8 Å². The number of hydroxylamine groups is 1. The third kappa shape index (κ3) is 5.42. The summed E-state index contributed by atoms with van der Waals surface area (Å²) in [7, 11) is 1.51. The van der Waals surface area contributed by atoms with Gasteiger partial charge in [0.1, 0.15) is 6.34 Å². The molecule has 1 N–H and O–H groups in total. The zero-order chi connectivity index (χ0) is 14.8. The summed E-state index contributed by atoms with van der Waals surface area (Å²) in [6.07, 6.45) is 3.07. The van der Waals surface area contributed by atoms with E-state index in [1.165, 1.54) is 13.4 Å². The quantitative estimate of drug-likeness (QED) is 0.482. The number of rotatable bonds is 7. The first-order chi connectivity index (χ1) is 10.4. The second-order valence-electron chi connectivity index (χ2n) is 3.99. The zero-order valence-corrected chi connectivity index (χ0v) is 11.6. The molecule has 1 aromatic heterocycles. The van der Waals surface area contributed by atoms with E-state index in [1.54, 1.807) is 12.3 Å². The largest absolute Gasteiger partial charge is 0.389 e. The van der Waals surface area contributed by atoms with E-state index in [1.807, 2.05) is 42.5 Å². The summed E-state index contributed by atoms with van der Waals surface area (Å²) >= 11 is 0. The molecule has 21 heavy (non-hydrogen) atoms. The van der Waals surface area contributed by atoms with Crippen LogP contribution in [0.15, 0.2) is 58.7 Å². The highest BCUT2D eigenvalue weighted by atomic mass is 16.6. The highest BCUT2D eigenvalue weighted by Gasteiger charge is 1.96. The minimum atomic E-state index is 0.282. The molecule has 1 aromatic carbocycles. The smallest absolute Gasteiger partial charge is 0.159 e. The molecule has 0 aliphatic rings. The van der Waals surface area contributed by atoms with Gasteiger partial charge in [0.15, 0.2) is 12.4 Å². The van der Waals surface area contributed by atoms with Crippen molar-refractivity contribution < 1.29 is 9.68 Å². The van der Waals surface area contributed by atoms with Crippen LogP contribution in [-0.4, -0.2) is 24.6 Å². The average molecular weight is 284 g/mol. The van der Waals surface area contributed by atoms with E-state index in [-0.39, 0.29) is 6.61 Å². The molecule has 108 valence electrons. The van der Waals surface area contributed by atoms with Gasteiger partial charge in [-0.05, 0) is 17.7 Å². The van der Waals surface area contributed by atoms with E-state index < -0.39 is 0 Å².